The van der Waals surface area contributed by atoms with Gasteiger partial charge in [0.05, 0.1) is 25.3 Å². The Hall–Kier alpha value is -2.71. The van der Waals surface area contributed by atoms with E-state index >= 15 is 0 Å². The molecule has 1 aromatic rings. The number of aryl methyl sites for hydroxylation is 2. The normalized spacial score (nSPS) is 17.2. The van der Waals surface area contributed by atoms with Gasteiger partial charge in [0.2, 0.25) is 17.7 Å². The minimum atomic E-state index is -0.767. The minimum Gasteiger partial charge on any atom is -0.378 e. The van der Waals surface area contributed by atoms with Crippen molar-refractivity contribution in [1.82, 2.24) is 20.4 Å². The van der Waals surface area contributed by atoms with Gasteiger partial charge in [-0.15, -0.1) is 0 Å². The first kappa shape index (κ1) is 34.5. The molecule has 8 heteroatoms. The summed E-state index contributed by atoms with van der Waals surface area (Å²) in [4.78, 5) is 44.5. The number of rotatable bonds is 10. The van der Waals surface area contributed by atoms with E-state index in [1.807, 2.05) is 54.5 Å². The van der Waals surface area contributed by atoms with Gasteiger partial charge in [-0.2, -0.15) is 0 Å². The smallest absolute Gasteiger partial charge is 0.249 e. The molecule has 41 heavy (non-hydrogen) atoms. The van der Waals surface area contributed by atoms with Gasteiger partial charge in [-0.1, -0.05) is 72.7 Å². The van der Waals surface area contributed by atoms with Crippen LogP contribution in [0, 0.1) is 25.2 Å². The van der Waals surface area contributed by atoms with Crippen molar-refractivity contribution < 1.29 is 19.1 Å². The monoisotopic (exact) mass is 570 g/mol. The van der Waals surface area contributed by atoms with Crippen molar-refractivity contribution in [1.29, 1.82) is 0 Å². The molecule has 1 heterocycles. The Kier molecular flexibility index (Phi) is 11.8. The van der Waals surface area contributed by atoms with Gasteiger partial charge in [0.25, 0.3) is 0 Å². The van der Waals surface area contributed by atoms with E-state index in [0.29, 0.717) is 31.9 Å². The highest BCUT2D eigenvalue weighted by Crippen LogP contribution is 2.30. The van der Waals surface area contributed by atoms with Crippen LogP contribution >= 0.6 is 0 Å². The van der Waals surface area contributed by atoms with Gasteiger partial charge in [-0.05, 0) is 55.8 Å². The summed E-state index contributed by atoms with van der Waals surface area (Å²) in [7, 11) is 3.54. The molecule has 0 aromatic heterocycles. The number of hydrogen-bond acceptors (Lipinski definition) is 5. The molecule has 0 aliphatic carbocycles. The summed E-state index contributed by atoms with van der Waals surface area (Å²) in [6.07, 6.45) is 1.89. The minimum absolute atomic E-state index is 0.0362. The van der Waals surface area contributed by atoms with Crippen LogP contribution in [-0.2, 0) is 24.5 Å². The van der Waals surface area contributed by atoms with Crippen molar-refractivity contribution in [3.05, 3.63) is 46.5 Å². The molecule has 0 bridgehead atoms. The zero-order valence-corrected chi connectivity index (χ0v) is 27.5. The summed E-state index contributed by atoms with van der Waals surface area (Å²) in [5.74, 6) is -0.397. The molecule has 2 rings (SSSR count). The number of amides is 3. The third-order valence-corrected chi connectivity index (χ3v) is 8.46. The van der Waals surface area contributed by atoms with Crippen LogP contribution in [0.5, 0.6) is 0 Å². The molecule has 0 unspecified atom stereocenters. The van der Waals surface area contributed by atoms with Gasteiger partial charge >= 0.3 is 0 Å². The van der Waals surface area contributed by atoms with Crippen LogP contribution in [0.15, 0.2) is 29.8 Å². The van der Waals surface area contributed by atoms with Gasteiger partial charge < -0.3 is 25.2 Å². The van der Waals surface area contributed by atoms with Crippen molar-refractivity contribution in [2.45, 2.75) is 92.8 Å². The lowest BCUT2D eigenvalue weighted by Gasteiger charge is -2.40. The van der Waals surface area contributed by atoms with Gasteiger partial charge in [0.1, 0.15) is 6.04 Å². The SMILES string of the molecule is CN[C@H](C(=O)N[C@H](C(=O)N(C)[C@H](C=C(C)C(=O)N1CCOCC1)C(C)C)C(C)(C)C)C(C)(C)c1ccc(C)c(C)c1. The predicted octanol–water partition coefficient (Wildman–Crippen LogP) is 3.99. The van der Waals surface area contributed by atoms with E-state index < -0.39 is 22.9 Å². The molecule has 1 fully saturated rings. The summed E-state index contributed by atoms with van der Waals surface area (Å²) < 4.78 is 5.38. The standard InChI is InChI=1S/C33H54N4O4/c1-21(2)26(20-24(5)30(39)37-15-17-41-18-16-37)36(12)31(40)28(32(6,7)8)35-29(38)27(34-11)33(9,10)25-14-13-22(3)23(4)19-25/h13-14,19-21,26-28,34H,15-18H2,1-12H3,(H,35,38)/t26-,27-,28-/m1/s1. The Morgan fingerprint density at radius 1 is 1.00 bits per heavy atom. The molecule has 0 saturated carbocycles. The molecule has 1 aliphatic rings. The molecule has 3 amide bonds. The van der Waals surface area contributed by atoms with E-state index in [-0.39, 0.29) is 29.7 Å². The van der Waals surface area contributed by atoms with Gasteiger partial charge in [0.15, 0.2) is 0 Å². The molecule has 3 atom stereocenters. The lowest BCUT2D eigenvalue weighted by atomic mass is 9.76. The maximum absolute atomic E-state index is 14.1. The summed E-state index contributed by atoms with van der Waals surface area (Å²) in [5, 5.41) is 6.32. The molecule has 1 aromatic carbocycles. The molecule has 230 valence electrons. The van der Waals surface area contributed by atoms with E-state index in [9.17, 15) is 14.4 Å². The van der Waals surface area contributed by atoms with Crippen molar-refractivity contribution in [2.75, 3.05) is 40.4 Å². The van der Waals surface area contributed by atoms with E-state index in [0.717, 1.165) is 5.56 Å². The Labute approximate surface area is 248 Å². The molecule has 1 saturated heterocycles. The van der Waals surface area contributed by atoms with Crippen LogP contribution in [0.4, 0.5) is 0 Å². The van der Waals surface area contributed by atoms with Crippen molar-refractivity contribution in [2.24, 2.45) is 11.3 Å². The average Bonchev–Trinajstić information content (AvgIpc) is 2.90. The molecule has 0 spiro atoms. The molecule has 0 radical (unpaired) electrons. The maximum Gasteiger partial charge on any atom is 0.249 e. The number of likely N-dealkylation sites (N-methyl/N-ethyl adjacent to an activating group) is 2. The molecule has 8 nitrogen and oxygen atoms in total. The summed E-state index contributed by atoms with van der Waals surface area (Å²) in [6.45, 7) is 22.2. The first-order chi connectivity index (χ1) is 18.9. The van der Waals surface area contributed by atoms with Crippen molar-refractivity contribution >= 4 is 17.7 Å². The third kappa shape index (κ3) is 8.41. The topological polar surface area (TPSA) is 91.0 Å². The van der Waals surface area contributed by atoms with Crippen LogP contribution in [0.2, 0.25) is 0 Å². The number of nitrogens with one attached hydrogen (secondary N) is 2. The fourth-order valence-electron chi connectivity index (χ4n) is 5.45. The lowest BCUT2D eigenvalue weighted by Crippen LogP contribution is -2.61. The van der Waals surface area contributed by atoms with E-state index in [1.165, 1.54) is 11.1 Å². The molecular formula is C33H54N4O4. The fraction of sp³-hybridized carbons (Fsp3) is 0.667. The number of carbonyl (C=O) groups is 3. The van der Waals surface area contributed by atoms with E-state index in [1.54, 1.807) is 30.8 Å². The quantitative estimate of drug-likeness (QED) is 0.415. The molecular weight excluding hydrogens is 516 g/mol. The zero-order chi connectivity index (χ0) is 31.3. The highest BCUT2D eigenvalue weighted by Gasteiger charge is 2.41. The highest BCUT2D eigenvalue weighted by molar-refractivity contribution is 5.94. The van der Waals surface area contributed by atoms with Crippen LogP contribution < -0.4 is 10.6 Å². The van der Waals surface area contributed by atoms with Crippen molar-refractivity contribution in [3.63, 3.8) is 0 Å². The third-order valence-electron chi connectivity index (χ3n) is 8.46. The van der Waals surface area contributed by atoms with E-state index in [2.05, 4.69) is 42.7 Å². The second-order valence-corrected chi connectivity index (χ2v) is 13.5. The van der Waals surface area contributed by atoms with Crippen LogP contribution in [0.3, 0.4) is 0 Å². The number of morpholine rings is 1. The second kappa shape index (κ2) is 14.0. The number of hydrogen-bond donors (Lipinski definition) is 2. The molecule has 2 N–H and O–H groups in total. The number of carbonyl (C=O) groups excluding carboxylic acids is 3. The van der Waals surface area contributed by atoms with Crippen LogP contribution in [-0.4, -0.2) is 86.0 Å². The Balaban J connectivity index is 2.33. The van der Waals surface area contributed by atoms with Crippen molar-refractivity contribution in [3.8, 4) is 0 Å². The van der Waals surface area contributed by atoms with Crippen LogP contribution in [0.25, 0.3) is 0 Å². The maximum atomic E-state index is 14.1. The Morgan fingerprint density at radius 3 is 2.07 bits per heavy atom. The first-order valence-corrected chi connectivity index (χ1v) is 14.8. The van der Waals surface area contributed by atoms with Gasteiger partial charge in [0, 0.05) is 31.1 Å². The summed E-state index contributed by atoms with van der Waals surface area (Å²) in [5.41, 5.74) is 2.95. The highest BCUT2D eigenvalue weighted by atomic mass is 16.5. The zero-order valence-electron chi connectivity index (χ0n) is 27.5. The Morgan fingerprint density at radius 2 is 1.59 bits per heavy atom. The van der Waals surface area contributed by atoms with Gasteiger partial charge in [-0.3, -0.25) is 14.4 Å². The van der Waals surface area contributed by atoms with Gasteiger partial charge in [-0.25, -0.2) is 0 Å². The predicted molar refractivity (Wildman–Crippen MR) is 166 cm³/mol. The van der Waals surface area contributed by atoms with Crippen LogP contribution in [0.1, 0.15) is 72.1 Å². The largest absolute Gasteiger partial charge is 0.378 e. The average molecular weight is 571 g/mol. The van der Waals surface area contributed by atoms with E-state index in [4.69, 9.17) is 4.74 Å². The number of benzene rings is 1. The Bertz CT molecular complexity index is 1110. The number of nitrogens with zero attached hydrogens (tertiary/aromatic N) is 2. The summed E-state index contributed by atoms with van der Waals surface area (Å²) >= 11 is 0. The summed E-state index contributed by atoms with van der Waals surface area (Å²) in [6, 6.07) is 4.63. The fourth-order valence-corrected chi connectivity index (χ4v) is 5.45. The second-order valence-electron chi connectivity index (χ2n) is 13.5. The first-order valence-electron chi connectivity index (χ1n) is 14.8. The number of ether oxygens (including phenoxy) is 1. The lowest BCUT2D eigenvalue weighted by molar-refractivity contribution is -0.141. The molecule has 1 aliphatic heterocycles.